The van der Waals surface area contributed by atoms with Crippen LogP contribution in [0.15, 0.2) is 50.4 Å². The van der Waals surface area contributed by atoms with E-state index in [4.69, 9.17) is 9.47 Å². The van der Waals surface area contributed by atoms with Crippen LogP contribution in [-0.2, 0) is 10.5 Å². The Hall–Kier alpha value is -1.51. The van der Waals surface area contributed by atoms with E-state index in [2.05, 4.69) is 42.4 Å². The van der Waals surface area contributed by atoms with Gasteiger partial charge in [-0.15, -0.1) is 11.8 Å². The van der Waals surface area contributed by atoms with Crippen LogP contribution in [-0.4, -0.2) is 24.7 Å². The molecule has 0 unspecified atom stereocenters. The smallest absolute Gasteiger partial charge is 0.250 e. The molecular weight excluding hydrogens is 472 g/mol. The summed E-state index contributed by atoms with van der Waals surface area (Å²) in [5.74, 6) is 2.32. The van der Waals surface area contributed by atoms with Crippen molar-refractivity contribution in [2.75, 3.05) is 12.5 Å². The number of amides is 1. The first-order chi connectivity index (χ1) is 12.1. The largest absolute Gasteiger partial charge is 0.454 e. The van der Waals surface area contributed by atoms with Gasteiger partial charge in [0.15, 0.2) is 11.5 Å². The molecule has 1 aliphatic rings. The quantitative estimate of drug-likeness (QED) is 0.488. The zero-order valence-corrected chi connectivity index (χ0v) is 17.0. The predicted molar refractivity (Wildman–Crippen MR) is 106 cm³/mol. The van der Waals surface area contributed by atoms with E-state index in [0.29, 0.717) is 17.3 Å². The average molecular weight is 486 g/mol. The summed E-state index contributed by atoms with van der Waals surface area (Å²) < 4.78 is 12.5. The van der Waals surface area contributed by atoms with Gasteiger partial charge in [0.1, 0.15) is 0 Å². The van der Waals surface area contributed by atoms with Gasteiger partial charge < -0.3 is 9.47 Å². The fraction of sp³-hybridized carbons (Fsp3) is 0.176. The fourth-order valence-corrected chi connectivity index (χ4v) is 3.76. The lowest BCUT2D eigenvalue weighted by Crippen LogP contribution is -2.19. The molecule has 0 aromatic heterocycles. The standard InChI is InChI=1S/C17H14Br2N2O3S/c18-13-3-1-2-11(4-13)8-25-9-17(22)21-20-7-12-5-15-16(6-14(12)19)24-10-23-15/h1-7H,8-10H2,(H,21,22)/b20-7+. The third-order valence-electron chi connectivity index (χ3n) is 3.28. The molecule has 0 saturated carbocycles. The van der Waals surface area contributed by atoms with Gasteiger partial charge in [0.05, 0.1) is 12.0 Å². The molecule has 1 aliphatic heterocycles. The van der Waals surface area contributed by atoms with Crippen LogP contribution in [0.3, 0.4) is 0 Å². The lowest BCUT2D eigenvalue weighted by molar-refractivity contribution is -0.118. The number of hydrogen-bond donors (Lipinski definition) is 1. The predicted octanol–water partition coefficient (Wildman–Crippen LogP) is 4.32. The molecule has 1 amide bonds. The Labute approximate surface area is 166 Å². The summed E-state index contributed by atoms with van der Waals surface area (Å²) in [5, 5.41) is 4.00. The Balaban J connectivity index is 1.46. The number of nitrogens with zero attached hydrogens (tertiary/aromatic N) is 1. The lowest BCUT2D eigenvalue weighted by Gasteiger charge is -2.03. The highest BCUT2D eigenvalue weighted by Gasteiger charge is 2.15. The summed E-state index contributed by atoms with van der Waals surface area (Å²) in [7, 11) is 0. The molecule has 0 bridgehead atoms. The molecule has 25 heavy (non-hydrogen) atoms. The highest BCUT2D eigenvalue weighted by molar-refractivity contribution is 9.10. The van der Waals surface area contributed by atoms with Crippen LogP contribution in [0.4, 0.5) is 0 Å². The van der Waals surface area contributed by atoms with Crippen LogP contribution in [0.2, 0.25) is 0 Å². The molecular formula is C17H14Br2N2O3S. The van der Waals surface area contributed by atoms with Crippen LogP contribution in [0, 0.1) is 0 Å². The van der Waals surface area contributed by atoms with Crippen molar-refractivity contribution in [3.8, 4) is 11.5 Å². The van der Waals surface area contributed by atoms with Crippen molar-refractivity contribution in [2.24, 2.45) is 5.10 Å². The molecule has 1 heterocycles. The van der Waals surface area contributed by atoms with Gasteiger partial charge in [-0.25, -0.2) is 5.43 Å². The molecule has 130 valence electrons. The van der Waals surface area contributed by atoms with Gasteiger partial charge in [-0.1, -0.05) is 28.1 Å². The zero-order valence-electron chi connectivity index (χ0n) is 13.0. The van der Waals surface area contributed by atoms with E-state index in [1.165, 1.54) is 17.3 Å². The van der Waals surface area contributed by atoms with Crippen LogP contribution >= 0.6 is 43.6 Å². The van der Waals surface area contributed by atoms with Gasteiger partial charge in [0.25, 0.3) is 0 Å². The van der Waals surface area contributed by atoms with Gasteiger partial charge in [-0.05, 0) is 45.8 Å². The first-order valence-corrected chi connectivity index (χ1v) is 10.1. The number of carbonyl (C=O) groups is 1. The van der Waals surface area contributed by atoms with Crippen molar-refractivity contribution < 1.29 is 14.3 Å². The van der Waals surface area contributed by atoms with Gasteiger partial charge >= 0.3 is 0 Å². The number of fused-ring (bicyclic) bond motifs is 1. The fourth-order valence-electron chi connectivity index (χ4n) is 2.13. The van der Waals surface area contributed by atoms with Gasteiger partial charge in [-0.3, -0.25) is 4.79 Å². The van der Waals surface area contributed by atoms with Crippen LogP contribution in [0.5, 0.6) is 11.5 Å². The second-order valence-corrected chi connectivity index (χ2v) is 7.90. The Morgan fingerprint density at radius 1 is 1.24 bits per heavy atom. The van der Waals surface area contributed by atoms with Crippen molar-refractivity contribution in [1.82, 2.24) is 5.43 Å². The molecule has 0 saturated heterocycles. The SMILES string of the molecule is O=C(CSCc1cccc(Br)c1)N/N=C/c1cc2c(cc1Br)OCO2. The van der Waals surface area contributed by atoms with E-state index in [9.17, 15) is 4.79 Å². The Morgan fingerprint density at radius 2 is 2.04 bits per heavy atom. The van der Waals surface area contributed by atoms with E-state index < -0.39 is 0 Å². The van der Waals surface area contributed by atoms with Gasteiger partial charge in [-0.2, -0.15) is 5.10 Å². The summed E-state index contributed by atoms with van der Waals surface area (Å²) in [4.78, 5) is 11.9. The summed E-state index contributed by atoms with van der Waals surface area (Å²) in [6.45, 7) is 0.217. The van der Waals surface area contributed by atoms with E-state index >= 15 is 0 Å². The minimum absolute atomic E-state index is 0.145. The van der Waals surface area contributed by atoms with Gasteiger partial charge in [0.2, 0.25) is 12.7 Å². The third kappa shape index (κ3) is 5.23. The van der Waals surface area contributed by atoms with Crippen LogP contribution in [0.1, 0.15) is 11.1 Å². The second kappa shape index (κ2) is 8.73. The Morgan fingerprint density at radius 3 is 2.84 bits per heavy atom. The molecule has 0 atom stereocenters. The van der Waals surface area contributed by atoms with Crippen molar-refractivity contribution in [3.63, 3.8) is 0 Å². The Kier molecular flexibility index (Phi) is 6.39. The summed E-state index contributed by atoms with van der Waals surface area (Å²) in [5.41, 5.74) is 4.50. The maximum absolute atomic E-state index is 11.9. The summed E-state index contributed by atoms with van der Waals surface area (Å²) in [6, 6.07) is 11.7. The minimum Gasteiger partial charge on any atom is -0.454 e. The first kappa shape index (κ1) is 18.3. The molecule has 2 aromatic rings. The summed E-state index contributed by atoms with van der Waals surface area (Å²) in [6.07, 6.45) is 1.57. The number of ether oxygens (including phenoxy) is 2. The number of carbonyl (C=O) groups excluding carboxylic acids is 1. The highest BCUT2D eigenvalue weighted by atomic mass is 79.9. The second-order valence-electron chi connectivity index (χ2n) is 5.14. The van der Waals surface area contributed by atoms with Crippen molar-refractivity contribution in [1.29, 1.82) is 0 Å². The van der Waals surface area contributed by atoms with Crippen molar-refractivity contribution in [2.45, 2.75) is 5.75 Å². The lowest BCUT2D eigenvalue weighted by atomic mass is 10.2. The number of nitrogens with one attached hydrogen (secondary N) is 1. The first-order valence-electron chi connectivity index (χ1n) is 7.35. The van der Waals surface area contributed by atoms with Crippen LogP contribution in [0.25, 0.3) is 0 Å². The number of halogens is 2. The molecule has 3 rings (SSSR count). The summed E-state index contributed by atoms with van der Waals surface area (Å²) >= 11 is 8.42. The maximum atomic E-state index is 11.9. The molecule has 0 aliphatic carbocycles. The molecule has 0 fully saturated rings. The Bertz CT molecular complexity index is 814. The number of rotatable bonds is 6. The molecule has 8 heteroatoms. The van der Waals surface area contributed by atoms with Crippen molar-refractivity contribution in [3.05, 3.63) is 56.5 Å². The highest BCUT2D eigenvalue weighted by Crippen LogP contribution is 2.36. The monoisotopic (exact) mass is 484 g/mol. The molecule has 5 nitrogen and oxygen atoms in total. The maximum Gasteiger partial charge on any atom is 0.250 e. The number of benzene rings is 2. The molecule has 0 spiro atoms. The zero-order chi connectivity index (χ0) is 17.6. The number of thioether (sulfide) groups is 1. The minimum atomic E-state index is -0.145. The van der Waals surface area contributed by atoms with Crippen LogP contribution < -0.4 is 14.9 Å². The molecule has 1 N–H and O–H groups in total. The van der Waals surface area contributed by atoms with Crippen molar-refractivity contribution >= 4 is 55.7 Å². The van der Waals surface area contributed by atoms with Gasteiger partial charge in [0, 0.05) is 20.3 Å². The normalized spacial score (nSPS) is 12.6. The number of hydrogen-bond acceptors (Lipinski definition) is 5. The van der Waals surface area contributed by atoms with E-state index in [0.717, 1.165) is 20.3 Å². The molecule has 0 radical (unpaired) electrons. The van der Waals surface area contributed by atoms with E-state index in [-0.39, 0.29) is 12.7 Å². The number of hydrazone groups is 1. The third-order valence-corrected chi connectivity index (χ3v) is 5.46. The van der Waals surface area contributed by atoms with E-state index in [1.54, 1.807) is 6.21 Å². The average Bonchev–Trinajstić information content (AvgIpc) is 3.02. The molecule has 2 aromatic carbocycles. The van der Waals surface area contributed by atoms with E-state index in [1.807, 2.05) is 36.4 Å². The topological polar surface area (TPSA) is 59.9 Å².